The van der Waals surface area contributed by atoms with Crippen LogP contribution in [0, 0.1) is 0 Å². The van der Waals surface area contributed by atoms with Gasteiger partial charge in [0.2, 0.25) is 5.91 Å². The lowest BCUT2D eigenvalue weighted by atomic mass is 10.2. The maximum absolute atomic E-state index is 11.7. The molecule has 0 aromatic carbocycles. The number of likely N-dealkylation sites (N-methyl/N-ethyl adjacent to an activating group) is 1. The minimum Gasteiger partial charge on any atom is -0.355 e. The Labute approximate surface area is 99.8 Å². The maximum Gasteiger partial charge on any atom is 0.237 e. The van der Waals surface area contributed by atoms with Crippen molar-refractivity contribution in [2.45, 2.75) is 39.2 Å². The van der Waals surface area contributed by atoms with E-state index >= 15 is 0 Å². The highest BCUT2D eigenvalue weighted by Crippen LogP contribution is 1.97. The summed E-state index contributed by atoms with van der Waals surface area (Å²) >= 11 is 0. The van der Waals surface area contributed by atoms with Crippen LogP contribution in [-0.2, 0) is 4.79 Å². The first kappa shape index (κ1) is 15.4. The third-order valence-electron chi connectivity index (χ3n) is 2.81. The predicted octanol–water partition coefficient (Wildman–Crippen LogP) is 0.833. The average molecular weight is 229 g/mol. The zero-order chi connectivity index (χ0) is 12.4. The fraction of sp³-hybridized carbons (Fsp3) is 0.917. The zero-order valence-corrected chi connectivity index (χ0v) is 11.2. The molecule has 96 valence electrons. The first-order valence-electron chi connectivity index (χ1n) is 6.26. The zero-order valence-electron chi connectivity index (χ0n) is 11.2. The minimum absolute atomic E-state index is 0.0336. The van der Waals surface area contributed by atoms with Crippen molar-refractivity contribution in [3.8, 4) is 0 Å². The van der Waals surface area contributed by atoms with E-state index in [1.165, 1.54) is 0 Å². The molecule has 0 aliphatic heterocycles. The van der Waals surface area contributed by atoms with Crippen molar-refractivity contribution in [1.82, 2.24) is 15.5 Å². The molecule has 1 unspecified atom stereocenters. The normalized spacial score (nSPS) is 12.8. The molecule has 0 aliphatic carbocycles. The molecule has 1 amide bonds. The minimum atomic E-state index is -0.0336. The Balaban J connectivity index is 3.73. The van der Waals surface area contributed by atoms with E-state index in [1.807, 2.05) is 21.0 Å². The van der Waals surface area contributed by atoms with Crippen LogP contribution in [0.25, 0.3) is 0 Å². The van der Waals surface area contributed by atoms with E-state index in [1.54, 1.807) is 0 Å². The van der Waals surface area contributed by atoms with Crippen LogP contribution in [0.15, 0.2) is 0 Å². The molecule has 0 fully saturated rings. The van der Waals surface area contributed by atoms with Gasteiger partial charge < -0.3 is 10.6 Å². The number of amides is 1. The third-order valence-corrected chi connectivity index (χ3v) is 2.81. The van der Waals surface area contributed by atoms with Gasteiger partial charge in [-0.3, -0.25) is 9.69 Å². The van der Waals surface area contributed by atoms with E-state index in [9.17, 15) is 4.79 Å². The first-order valence-corrected chi connectivity index (χ1v) is 6.26. The standard InChI is InChI=1S/C12H27N3O/c1-5-6-9-14-12(16)11(2)15(4)10-7-8-13-3/h11,13H,5-10H2,1-4H3,(H,14,16). The summed E-state index contributed by atoms with van der Waals surface area (Å²) in [7, 11) is 3.95. The highest BCUT2D eigenvalue weighted by Gasteiger charge is 2.16. The molecular weight excluding hydrogens is 202 g/mol. The van der Waals surface area contributed by atoms with Gasteiger partial charge in [-0.1, -0.05) is 13.3 Å². The van der Waals surface area contributed by atoms with Crippen LogP contribution >= 0.6 is 0 Å². The van der Waals surface area contributed by atoms with Crippen molar-refractivity contribution < 1.29 is 4.79 Å². The Morgan fingerprint density at radius 1 is 1.31 bits per heavy atom. The van der Waals surface area contributed by atoms with E-state index < -0.39 is 0 Å². The lowest BCUT2D eigenvalue weighted by molar-refractivity contribution is -0.125. The van der Waals surface area contributed by atoms with Crippen LogP contribution in [0.2, 0.25) is 0 Å². The van der Waals surface area contributed by atoms with Gasteiger partial charge in [-0.05, 0) is 47.0 Å². The van der Waals surface area contributed by atoms with E-state index in [0.29, 0.717) is 0 Å². The average Bonchev–Trinajstić information content (AvgIpc) is 2.28. The number of hydrogen-bond donors (Lipinski definition) is 2. The summed E-state index contributed by atoms with van der Waals surface area (Å²) < 4.78 is 0. The van der Waals surface area contributed by atoms with Gasteiger partial charge in [-0.15, -0.1) is 0 Å². The van der Waals surface area contributed by atoms with Crippen molar-refractivity contribution >= 4 is 5.91 Å². The van der Waals surface area contributed by atoms with Gasteiger partial charge in [0.05, 0.1) is 6.04 Å². The first-order chi connectivity index (χ1) is 7.63. The van der Waals surface area contributed by atoms with E-state index in [-0.39, 0.29) is 11.9 Å². The van der Waals surface area contributed by atoms with Crippen LogP contribution in [-0.4, -0.2) is 50.6 Å². The Bertz CT molecular complexity index is 185. The summed E-state index contributed by atoms with van der Waals surface area (Å²) in [6, 6.07) is -0.0336. The smallest absolute Gasteiger partial charge is 0.237 e. The molecule has 4 nitrogen and oxygen atoms in total. The molecule has 0 aromatic rings. The number of nitrogens with one attached hydrogen (secondary N) is 2. The van der Waals surface area contributed by atoms with Crippen molar-refractivity contribution in [2.24, 2.45) is 0 Å². The molecule has 0 aliphatic rings. The van der Waals surface area contributed by atoms with Gasteiger partial charge in [0.1, 0.15) is 0 Å². The van der Waals surface area contributed by atoms with Crippen LogP contribution in [0.5, 0.6) is 0 Å². The lowest BCUT2D eigenvalue weighted by Gasteiger charge is -2.23. The summed E-state index contributed by atoms with van der Waals surface area (Å²) in [4.78, 5) is 13.8. The molecule has 0 heterocycles. The predicted molar refractivity (Wildman–Crippen MR) is 68.6 cm³/mol. The molecular formula is C12H27N3O. The van der Waals surface area contributed by atoms with Crippen LogP contribution in [0.3, 0.4) is 0 Å². The van der Waals surface area contributed by atoms with Crippen molar-refractivity contribution in [1.29, 1.82) is 0 Å². The summed E-state index contributed by atoms with van der Waals surface area (Å²) in [5.41, 5.74) is 0. The molecule has 0 saturated heterocycles. The second-order valence-corrected chi connectivity index (χ2v) is 4.26. The number of unbranched alkanes of at least 4 members (excludes halogenated alkanes) is 1. The molecule has 0 rings (SSSR count). The van der Waals surface area contributed by atoms with Gasteiger partial charge in [-0.2, -0.15) is 0 Å². The third kappa shape index (κ3) is 6.80. The van der Waals surface area contributed by atoms with Gasteiger partial charge in [0.15, 0.2) is 0 Å². The van der Waals surface area contributed by atoms with E-state index in [2.05, 4.69) is 22.5 Å². The molecule has 0 saturated carbocycles. The van der Waals surface area contributed by atoms with Crippen LogP contribution in [0.1, 0.15) is 33.1 Å². The van der Waals surface area contributed by atoms with E-state index in [4.69, 9.17) is 0 Å². The monoisotopic (exact) mass is 229 g/mol. The molecule has 1 atom stereocenters. The number of carbonyl (C=O) groups excluding carboxylic acids is 1. The molecule has 0 radical (unpaired) electrons. The molecule has 16 heavy (non-hydrogen) atoms. The second-order valence-electron chi connectivity index (χ2n) is 4.26. The quantitative estimate of drug-likeness (QED) is 0.576. The Morgan fingerprint density at radius 2 is 2.00 bits per heavy atom. The molecule has 0 spiro atoms. The topological polar surface area (TPSA) is 44.4 Å². The van der Waals surface area contributed by atoms with Crippen molar-refractivity contribution in [3.05, 3.63) is 0 Å². The highest BCUT2D eigenvalue weighted by atomic mass is 16.2. The number of nitrogens with zero attached hydrogens (tertiary/aromatic N) is 1. The summed E-state index contributed by atoms with van der Waals surface area (Å²) in [6.45, 7) is 6.82. The summed E-state index contributed by atoms with van der Waals surface area (Å²) in [5, 5.41) is 6.06. The van der Waals surface area contributed by atoms with Gasteiger partial charge in [0.25, 0.3) is 0 Å². The molecule has 2 N–H and O–H groups in total. The van der Waals surface area contributed by atoms with Crippen LogP contribution < -0.4 is 10.6 Å². The second kappa shape index (κ2) is 9.60. The van der Waals surface area contributed by atoms with Crippen LogP contribution in [0.4, 0.5) is 0 Å². The molecule has 0 bridgehead atoms. The molecule has 0 aromatic heterocycles. The Morgan fingerprint density at radius 3 is 2.56 bits per heavy atom. The lowest BCUT2D eigenvalue weighted by Crippen LogP contribution is -2.44. The Hall–Kier alpha value is -0.610. The largest absolute Gasteiger partial charge is 0.355 e. The van der Waals surface area contributed by atoms with Crippen molar-refractivity contribution in [2.75, 3.05) is 33.7 Å². The fourth-order valence-electron chi connectivity index (χ4n) is 1.44. The summed E-state index contributed by atoms with van der Waals surface area (Å²) in [5.74, 6) is 0.139. The molecule has 4 heteroatoms. The van der Waals surface area contributed by atoms with E-state index in [0.717, 1.165) is 38.9 Å². The number of rotatable bonds is 9. The number of carbonyl (C=O) groups is 1. The maximum atomic E-state index is 11.7. The van der Waals surface area contributed by atoms with Crippen molar-refractivity contribution in [3.63, 3.8) is 0 Å². The fourth-order valence-corrected chi connectivity index (χ4v) is 1.44. The SMILES string of the molecule is CCCCNC(=O)C(C)N(C)CCCNC. The van der Waals surface area contributed by atoms with Gasteiger partial charge in [0, 0.05) is 6.54 Å². The Kier molecular flexibility index (Phi) is 9.24. The van der Waals surface area contributed by atoms with Gasteiger partial charge >= 0.3 is 0 Å². The number of hydrogen-bond acceptors (Lipinski definition) is 3. The summed E-state index contributed by atoms with van der Waals surface area (Å²) in [6.07, 6.45) is 3.24. The van der Waals surface area contributed by atoms with Gasteiger partial charge in [-0.25, -0.2) is 0 Å². The highest BCUT2D eigenvalue weighted by molar-refractivity contribution is 5.81.